The minimum atomic E-state index is -4.06. The second-order valence-corrected chi connectivity index (χ2v) is 32.2. The van der Waals surface area contributed by atoms with E-state index in [0.717, 1.165) is 25.7 Å². The fraction of sp³-hybridized carbons (Fsp3) is 0.400. The normalized spacial score (nSPS) is 11.8. The van der Waals surface area contributed by atoms with E-state index in [0.29, 0.717) is 0 Å². The van der Waals surface area contributed by atoms with E-state index < -0.39 is 37.8 Å². The SMILES string of the molecule is CCCCc1cc[c]([Sn]([O][Sn]([Cl])([c]2ccc(CCCC)cc2)[c]2ccc(CCCC)cc2)[c]2ccc(CCCC)cc2)cc1. The van der Waals surface area contributed by atoms with Crippen molar-refractivity contribution < 1.29 is 1.41 Å². The van der Waals surface area contributed by atoms with E-state index >= 15 is 0 Å². The van der Waals surface area contributed by atoms with Crippen molar-refractivity contribution in [3.05, 3.63) is 119 Å². The average Bonchev–Trinajstić information content (AvgIpc) is 3.08. The Morgan fingerprint density at radius 3 is 1.00 bits per heavy atom. The summed E-state index contributed by atoms with van der Waals surface area (Å²) in [7, 11) is 8.03. The number of aryl methyl sites for hydroxylation is 4. The molecule has 0 aliphatic carbocycles. The summed E-state index contributed by atoms with van der Waals surface area (Å²) in [6.07, 6.45) is 14.2. The molecule has 4 heteroatoms. The number of halogens is 1. The van der Waals surface area contributed by atoms with Crippen LogP contribution in [0.5, 0.6) is 0 Å². The fourth-order valence-electron chi connectivity index (χ4n) is 5.65. The van der Waals surface area contributed by atoms with Gasteiger partial charge in [0.05, 0.1) is 0 Å². The number of rotatable bonds is 18. The minimum absolute atomic E-state index is 1.12. The van der Waals surface area contributed by atoms with E-state index in [1.54, 1.807) is 0 Å². The first-order chi connectivity index (χ1) is 21.5. The summed E-state index contributed by atoms with van der Waals surface area (Å²) in [6.45, 7) is 9.04. The van der Waals surface area contributed by atoms with E-state index in [9.17, 15) is 0 Å². The molecule has 0 fully saturated rings. The summed E-state index contributed by atoms with van der Waals surface area (Å²) < 4.78 is 12.8. The van der Waals surface area contributed by atoms with E-state index in [2.05, 4.69) is 125 Å². The maximum atomic E-state index is 8.03. The Kier molecular flexibility index (Phi) is 15.2. The molecule has 4 aromatic rings. The standard InChI is InChI=1S/4C10H13.ClH.O.2Sn/c4*1-2-3-7-10-8-5-4-6-9-10;;;;/h4*5-6,8-9H,2-3,7H2,1H3;1H;;;/q;;;;;;;+1/p-1. The third-order valence-electron chi connectivity index (χ3n) is 8.60. The first-order valence-corrected chi connectivity index (χ1v) is 28.8. The molecule has 0 aliphatic heterocycles. The van der Waals surface area contributed by atoms with Gasteiger partial charge in [-0.1, -0.05) is 0 Å². The molecule has 0 saturated heterocycles. The van der Waals surface area contributed by atoms with Crippen molar-refractivity contribution >= 4 is 61.1 Å². The molecule has 0 saturated carbocycles. The second-order valence-electron chi connectivity index (χ2n) is 12.2. The van der Waals surface area contributed by atoms with Crippen molar-refractivity contribution in [2.45, 2.75) is 105 Å². The van der Waals surface area contributed by atoms with Crippen molar-refractivity contribution in [2.24, 2.45) is 0 Å². The van der Waals surface area contributed by atoms with Crippen LogP contribution in [-0.2, 0) is 27.1 Å². The van der Waals surface area contributed by atoms with Gasteiger partial charge >= 0.3 is 287 Å². The zero-order valence-corrected chi connectivity index (χ0v) is 34.0. The summed E-state index contributed by atoms with van der Waals surface area (Å²) in [4.78, 5) is 0. The monoisotopic (exact) mass is 823 g/mol. The van der Waals surface area contributed by atoms with Gasteiger partial charge in [0, 0.05) is 0 Å². The molecule has 1 radical (unpaired) electrons. The maximum absolute atomic E-state index is 8.03. The molecule has 0 unspecified atom stereocenters. The zero-order chi connectivity index (χ0) is 31.2. The summed E-state index contributed by atoms with van der Waals surface area (Å²) in [5.41, 5.74) is 5.61. The number of unbranched alkanes of at least 4 members (excludes halogenated alkanes) is 4. The van der Waals surface area contributed by atoms with Crippen LogP contribution >= 0.6 is 8.92 Å². The first kappa shape index (κ1) is 35.6. The molecule has 0 N–H and O–H groups in total. The van der Waals surface area contributed by atoms with E-state index in [1.807, 2.05) is 0 Å². The molecular weight excluding hydrogens is 769 g/mol. The van der Waals surface area contributed by atoms with Gasteiger partial charge in [-0.15, -0.1) is 0 Å². The van der Waals surface area contributed by atoms with Gasteiger partial charge in [0.1, 0.15) is 0 Å². The molecule has 0 bridgehead atoms. The number of benzene rings is 4. The number of hydrogen-bond acceptors (Lipinski definition) is 1. The molecule has 1 nitrogen and oxygen atoms in total. The quantitative estimate of drug-likeness (QED) is 0.0914. The third kappa shape index (κ3) is 10.1. The van der Waals surface area contributed by atoms with Crippen LogP contribution in [0.15, 0.2) is 97.1 Å². The Bertz CT molecular complexity index is 1260. The van der Waals surface area contributed by atoms with Gasteiger partial charge in [0.15, 0.2) is 0 Å². The van der Waals surface area contributed by atoms with Gasteiger partial charge in [-0.3, -0.25) is 0 Å². The van der Waals surface area contributed by atoms with Crippen LogP contribution in [0.4, 0.5) is 0 Å². The molecule has 0 aliphatic rings. The van der Waals surface area contributed by atoms with Crippen molar-refractivity contribution in [1.82, 2.24) is 0 Å². The first-order valence-electron chi connectivity index (χ1n) is 17.1. The van der Waals surface area contributed by atoms with Gasteiger partial charge in [-0.25, -0.2) is 0 Å². The fourth-order valence-corrected chi connectivity index (χ4v) is 35.4. The molecular formula is C40H52ClOSn2. The molecule has 4 aromatic carbocycles. The third-order valence-corrected chi connectivity index (χ3v) is 36.7. The van der Waals surface area contributed by atoms with Crippen LogP contribution < -0.4 is 14.3 Å². The molecule has 0 spiro atoms. The van der Waals surface area contributed by atoms with E-state index in [4.69, 9.17) is 10.3 Å². The van der Waals surface area contributed by atoms with Crippen molar-refractivity contribution in [3.8, 4) is 0 Å². The van der Waals surface area contributed by atoms with Crippen LogP contribution in [0.2, 0.25) is 0 Å². The average molecular weight is 822 g/mol. The summed E-state index contributed by atoms with van der Waals surface area (Å²) in [5, 5.41) is 0. The molecule has 4 rings (SSSR count). The van der Waals surface area contributed by atoms with Crippen LogP contribution in [0.25, 0.3) is 0 Å². The summed E-state index contributed by atoms with van der Waals surface area (Å²) in [5.74, 6) is 0. The molecule has 0 atom stereocenters. The summed E-state index contributed by atoms with van der Waals surface area (Å²) in [6, 6.07) is 37.1. The van der Waals surface area contributed by atoms with Crippen molar-refractivity contribution in [3.63, 3.8) is 0 Å². The van der Waals surface area contributed by atoms with Crippen LogP contribution in [0.1, 0.15) is 101 Å². The predicted octanol–water partition coefficient (Wildman–Crippen LogP) is 8.67. The van der Waals surface area contributed by atoms with Crippen molar-refractivity contribution in [2.75, 3.05) is 0 Å². The topological polar surface area (TPSA) is 9.23 Å². The molecule has 44 heavy (non-hydrogen) atoms. The Morgan fingerprint density at radius 1 is 0.455 bits per heavy atom. The van der Waals surface area contributed by atoms with Gasteiger partial charge in [0.25, 0.3) is 0 Å². The van der Waals surface area contributed by atoms with Gasteiger partial charge in [-0.05, 0) is 0 Å². The van der Waals surface area contributed by atoms with E-state index in [1.165, 1.54) is 87.9 Å². The van der Waals surface area contributed by atoms with Gasteiger partial charge in [0.2, 0.25) is 0 Å². The molecule has 0 aromatic heterocycles. The second kappa shape index (κ2) is 18.8. The Hall–Kier alpha value is -1.27. The summed E-state index contributed by atoms with van der Waals surface area (Å²) >= 11 is -6.95. The van der Waals surface area contributed by atoms with Crippen LogP contribution in [0, 0.1) is 0 Å². The predicted molar refractivity (Wildman–Crippen MR) is 197 cm³/mol. The van der Waals surface area contributed by atoms with Crippen molar-refractivity contribution in [1.29, 1.82) is 0 Å². The molecule has 233 valence electrons. The van der Waals surface area contributed by atoms with Crippen LogP contribution in [-0.4, -0.2) is 37.8 Å². The molecule has 0 amide bonds. The molecule has 0 heterocycles. The van der Waals surface area contributed by atoms with Gasteiger partial charge < -0.3 is 0 Å². The van der Waals surface area contributed by atoms with Crippen LogP contribution in [0.3, 0.4) is 0 Å². The van der Waals surface area contributed by atoms with E-state index in [-0.39, 0.29) is 0 Å². The Balaban J connectivity index is 1.76. The number of hydrogen-bond donors (Lipinski definition) is 0. The Morgan fingerprint density at radius 2 is 0.727 bits per heavy atom. The zero-order valence-electron chi connectivity index (χ0n) is 27.5. The van der Waals surface area contributed by atoms with Gasteiger partial charge in [-0.2, -0.15) is 0 Å². The Labute approximate surface area is 284 Å².